The zero-order valence-electron chi connectivity index (χ0n) is 16.5. The average Bonchev–Trinajstić information content (AvgIpc) is 2.72. The summed E-state index contributed by atoms with van der Waals surface area (Å²) in [4.78, 5) is 31.1. The van der Waals surface area contributed by atoms with Crippen LogP contribution in [0.3, 0.4) is 0 Å². The maximum absolute atomic E-state index is 13.6. The van der Waals surface area contributed by atoms with Gasteiger partial charge in [-0.3, -0.25) is 19.5 Å². The van der Waals surface area contributed by atoms with Crippen LogP contribution in [-0.4, -0.2) is 34.1 Å². The van der Waals surface area contributed by atoms with Crippen LogP contribution in [0.5, 0.6) is 5.75 Å². The number of aliphatic hydroxyl groups is 1. The fourth-order valence-corrected chi connectivity index (χ4v) is 3.62. The second-order valence-electron chi connectivity index (χ2n) is 7.46. The largest absolute Gasteiger partial charge is 0.483 e. The molecule has 7 nitrogen and oxygen atoms in total. The van der Waals surface area contributed by atoms with Gasteiger partial charge in [-0.05, 0) is 44.2 Å². The van der Waals surface area contributed by atoms with Gasteiger partial charge in [0.1, 0.15) is 17.1 Å². The molecule has 0 saturated heterocycles. The van der Waals surface area contributed by atoms with Crippen LogP contribution in [0, 0.1) is 5.82 Å². The quantitative estimate of drug-likeness (QED) is 0.691. The number of hydrogen-bond donors (Lipinski definition) is 2. The van der Waals surface area contributed by atoms with E-state index in [0.717, 1.165) is 5.39 Å². The Morgan fingerprint density at radius 1 is 1.23 bits per heavy atom. The molecular formula is C22H20FN3O4. The molecule has 2 heterocycles. The van der Waals surface area contributed by atoms with E-state index in [0.29, 0.717) is 22.5 Å². The molecule has 0 spiro atoms. The van der Waals surface area contributed by atoms with Crippen molar-refractivity contribution in [3.8, 4) is 5.75 Å². The number of carbonyl (C=O) groups excluding carboxylic acids is 2. The normalized spacial score (nSPS) is 14.9. The molecule has 0 aliphatic carbocycles. The van der Waals surface area contributed by atoms with E-state index in [-0.39, 0.29) is 18.9 Å². The molecule has 1 aromatic heterocycles. The second kappa shape index (κ2) is 7.38. The Labute approximate surface area is 172 Å². The van der Waals surface area contributed by atoms with Crippen LogP contribution in [0.4, 0.5) is 15.8 Å². The summed E-state index contributed by atoms with van der Waals surface area (Å²) in [5, 5.41) is 13.6. The number of halogens is 1. The van der Waals surface area contributed by atoms with Gasteiger partial charge in [0.05, 0.1) is 23.7 Å². The number of anilines is 2. The highest BCUT2D eigenvalue weighted by atomic mass is 19.1. The molecule has 0 atom stereocenters. The number of rotatable bonds is 4. The molecule has 1 aliphatic rings. The minimum atomic E-state index is -1.18. The Morgan fingerprint density at radius 3 is 2.80 bits per heavy atom. The van der Waals surface area contributed by atoms with Crippen LogP contribution in [0.2, 0.25) is 0 Å². The van der Waals surface area contributed by atoms with E-state index in [1.165, 1.54) is 23.1 Å². The van der Waals surface area contributed by atoms with Crippen molar-refractivity contribution in [3.05, 3.63) is 60.2 Å². The Kier molecular flexibility index (Phi) is 4.87. The van der Waals surface area contributed by atoms with Crippen molar-refractivity contribution >= 4 is 34.0 Å². The number of aromatic nitrogens is 1. The minimum Gasteiger partial charge on any atom is -0.483 e. The average molecular weight is 409 g/mol. The first-order chi connectivity index (χ1) is 14.3. The molecule has 30 heavy (non-hydrogen) atoms. The lowest BCUT2D eigenvalue weighted by Gasteiger charge is -2.41. The number of hydrogen-bond acceptors (Lipinski definition) is 5. The molecule has 4 rings (SSSR count). The first-order valence-electron chi connectivity index (χ1n) is 9.37. The van der Waals surface area contributed by atoms with E-state index in [1.54, 1.807) is 38.2 Å². The highest BCUT2D eigenvalue weighted by Crippen LogP contribution is 2.37. The van der Waals surface area contributed by atoms with Crippen molar-refractivity contribution in [3.63, 3.8) is 0 Å². The molecule has 154 valence electrons. The molecular weight excluding hydrogens is 389 g/mol. The van der Waals surface area contributed by atoms with E-state index in [9.17, 15) is 19.1 Å². The van der Waals surface area contributed by atoms with Crippen LogP contribution in [0.1, 0.15) is 19.5 Å². The third kappa shape index (κ3) is 3.25. The Morgan fingerprint density at radius 2 is 2.03 bits per heavy atom. The summed E-state index contributed by atoms with van der Waals surface area (Å²) in [5.74, 6) is -0.924. The summed E-state index contributed by atoms with van der Waals surface area (Å²) < 4.78 is 19.4. The Bertz CT molecular complexity index is 1160. The van der Waals surface area contributed by atoms with Gasteiger partial charge in [0.15, 0.2) is 6.61 Å². The molecule has 2 N–H and O–H groups in total. The summed E-state index contributed by atoms with van der Waals surface area (Å²) in [6, 6.07) is 10.9. The van der Waals surface area contributed by atoms with Crippen LogP contribution in [-0.2, 0) is 16.2 Å². The van der Waals surface area contributed by atoms with Crippen LogP contribution in [0.15, 0.2) is 48.7 Å². The molecule has 1 aliphatic heterocycles. The summed E-state index contributed by atoms with van der Waals surface area (Å²) in [7, 11) is 0. The predicted octanol–water partition coefficient (Wildman–Crippen LogP) is 3.01. The number of nitrogens with one attached hydrogen (secondary N) is 1. The SMILES string of the molecule is CC1(C)C(=O)Nc2cc(F)ccc2N1C(=O)COc1cccc2c(CO)nccc12. The summed E-state index contributed by atoms with van der Waals surface area (Å²) in [6.45, 7) is 2.68. The fourth-order valence-electron chi connectivity index (χ4n) is 3.62. The van der Waals surface area contributed by atoms with E-state index in [4.69, 9.17) is 4.74 Å². The van der Waals surface area contributed by atoms with Crippen molar-refractivity contribution in [1.29, 1.82) is 0 Å². The first-order valence-corrected chi connectivity index (χ1v) is 9.37. The van der Waals surface area contributed by atoms with Gasteiger partial charge in [-0.2, -0.15) is 0 Å². The van der Waals surface area contributed by atoms with Crippen molar-refractivity contribution in [2.24, 2.45) is 0 Å². The van der Waals surface area contributed by atoms with E-state index < -0.39 is 23.2 Å². The fraction of sp³-hybridized carbons (Fsp3) is 0.227. The molecule has 8 heteroatoms. The topological polar surface area (TPSA) is 91.8 Å². The first kappa shape index (κ1) is 19.8. The predicted molar refractivity (Wildman–Crippen MR) is 110 cm³/mol. The Hall–Kier alpha value is -3.52. The minimum absolute atomic E-state index is 0.218. The number of pyridine rings is 1. The van der Waals surface area contributed by atoms with Crippen molar-refractivity contribution in [2.45, 2.75) is 26.0 Å². The number of aliphatic hydroxyl groups excluding tert-OH is 1. The van der Waals surface area contributed by atoms with Crippen LogP contribution in [0.25, 0.3) is 10.8 Å². The lowest BCUT2D eigenvalue weighted by molar-refractivity contribution is -0.127. The van der Waals surface area contributed by atoms with Crippen LogP contribution >= 0.6 is 0 Å². The zero-order valence-corrected chi connectivity index (χ0v) is 16.5. The van der Waals surface area contributed by atoms with Gasteiger partial charge in [0.2, 0.25) is 5.91 Å². The number of nitrogens with zero attached hydrogens (tertiary/aromatic N) is 2. The lowest BCUT2D eigenvalue weighted by atomic mass is 9.96. The van der Waals surface area contributed by atoms with Crippen molar-refractivity contribution in [2.75, 3.05) is 16.8 Å². The maximum Gasteiger partial charge on any atom is 0.265 e. The summed E-state index contributed by atoms with van der Waals surface area (Å²) >= 11 is 0. The summed E-state index contributed by atoms with van der Waals surface area (Å²) in [6.07, 6.45) is 1.56. The third-order valence-corrected chi connectivity index (χ3v) is 5.16. The maximum atomic E-state index is 13.6. The molecule has 0 bridgehead atoms. The molecule has 2 amide bonds. The number of amides is 2. The lowest BCUT2D eigenvalue weighted by Crippen LogP contribution is -2.59. The van der Waals surface area contributed by atoms with Gasteiger partial charge in [-0.25, -0.2) is 4.39 Å². The monoisotopic (exact) mass is 409 g/mol. The van der Waals surface area contributed by atoms with E-state index in [1.807, 2.05) is 6.07 Å². The van der Waals surface area contributed by atoms with Crippen LogP contribution < -0.4 is 15.0 Å². The molecule has 3 aromatic rings. The third-order valence-electron chi connectivity index (χ3n) is 5.16. The number of carbonyl (C=O) groups is 2. The molecule has 0 fully saturated rings. The van der Waals surface area contributed by atoms with E-state index >= 15 is 0 Å². The molecule has 0 saturated carbocycles. The zero-order chi connectivity index (χ0) is 21.5. The van der Waals surface area contributed by atoms with Crippen molar-refractivity contribution in [1.82, 2.24) is 4.98 Å². The second-order valence-corrected chi connectivity index (χ2v) is 7.46. The number of ether oxygens (including phenoxy) is 1. The standard InChI is InChI=1S/C22H20FN3O4/c1-22(2)21(29)25-16-10-13(23)6-7-18(16)26(22)20(28)12-30-19-5-3-4-14-15(19)8-9-24-17(14)11-27/h3-10,27H,11-12H2,1-2H3,(H,25,29). The van der Waals surface area contributed by atoms with E-state index in [2.05, 4.69) is 10.3 Å². The van der Waals surface area contributed by atoms with Gasteiger partial charge in [0.25, 0.3) is 5.91 Å². The highest BCUT2D eigenvalue weighted by molar-refractivity contribution is 6.14. The molecule has 0 radical (unpaired) electrons. The smallest absolute Gasteiger partial charge is 0.265 e. The van der Waals surface area contributed by atoms with Gasteiger partial charge in [-0.15, -0.1) is 0 Å². The number of fused-ring (bicyclic) bond motifs is 2. The molecule has 2 aromatic carbocycles. The van der Waals surface area contributed by atoms with Crippen molar-refractivity contribution < 1.29 is 23.8 Å². The van der Waals surface area contributed by atoms with Gasteiger partial charge in [-0.1, -0.05) is 12.1 Å². The van der Waals surface area contributed by atoms with Gasteiger partial charge < -0.3 is 15.2 Å². The Balaban J connectivity index is 1.65. The molecule has 0 unspecified atom stereocenters. The van der Waals surface area contributed by atoms with Gasteiger partial charge in [0, 0.05) is 17.0 Å². The number of benzene rings is 2. The summed E-state index contributed by atoms with van der Waals surface area (Å²) in [5.41, 5.74) is -0.0392. The highest BCUT2D eigenvalue weighted by Gasteiger charge is 2.43. The van der Waals surface area contributed by atoms with Gasteiger partial charge >= 0.3 is 0 Å².